The van der Waals surface area contributed by atoms with Crippen LogP contribution in [0.15, 0.2) is 66.7 Å². The van der Waals surface area contributed by atoms with Gasteiger partial charge in [-0.3, -0.25) is 4.68 Å². The van der Waals surface area contributed by atoms with Gasteiger partial charge in [0.1, 0.15) is 0 Å². The third-order valence-electron chi connectivity index (χ3n) is 8.68. The maximum Gasteiger partial charge on any atom is 0.315 e. The number of primary amides is 1. The van der Waals surface area contributed by atoms with Crippen molar-refractivity contribution in [2.45, 2.75) is 45.9 Å². The Morgan fingerprint density at radius 2 is 1.61 bits per heavy atom. The van der Waals surface area contributed by atoms with Crippen LogP contribution in [0.5, 0.6) is 0 Å². The van der Waals surface area contributed by atoms with E-state index in [0.717, 1.165) is 67.0 Å². The van der Waals surface area contributed by atoms with Crippen LogP contribution in [-0.4, -0.2) is 63.3 Å². The molecule has 230 valence electrons. The van der Waals surface area contributed by atoms with Crippen molar-refractivity contribution in [2.24, 2.45) is 5.73 Å². The standard InChI is InChI=1S/C35H41ClN6OS/c1-25-3-5-26(6-4-25)22-38-23-27-7-9-28(10-8-27)30-21-29(11-12-32(30)36)34-31-24-41(35(37)43)16-13-33(31)42(39-34)15-2-14-40-17-19-44-20-18-40/h3-12,21,38H,2,13-20,22-24H2,1H3,(H2,37,43). The molecule has 2 aliphatic rings. The Morgan fingerprint density at radius 3 is 2.32 bits per heavy atom. The van der Waals surface area contributed by atoms with Crippen molar-refractivity contribution in [3.05, 3.63) is 99.7 Å². The molecule has 0 bridgehead atoms. The number of urea groups is 1. The van der Waals surface area contributed by atoms with Gasteiger partial charge in [0.25, 0.3) is 0 Å². The van der Waals surface area contributed by atoms with Crippen LogP contribution in [0.4, 0.5) is 4.79 Å². The molecule has 2 amide bonds. The van der Waals surface area contributed by atoms with Crippen molar-refractivity contribution in [3.63, 3.8) is 0 Å². The minimum atomic E-state index is -0.387. The predicted octanol–water partition coefficient (Wildman–Crippen LogP) is 6.34. The summed E-state index contributed by atoms with van der Waals surface area (Å²) in [5.41, 5.74) is 15.7. The van der Waals surface area contributed by atoms with E-state index in [9.17, 15) is 4.79 Å². The number of nitrogens with two attached hydrogens (primary N) is 1. The summed E-state index contributed by atoms with van der Waals surface area (Å²) in [7, 11) is 0. The minimum Gasteiger partial charge on any atom is -0.351 e. The van der Waals surface area contributed by atoms with E-state index in [4.69, 9.17) is 22.4 Å². The van der Waals surface area contributed by atoms with Gasteiger partial charge in [-0.2, -0.15) is 16.9 Å². The molecule has 0 saturated carbocycles. The van der Waals surface area contributed by atoms with Crippen LogP contribution < -0.4 is 11.1 Å². The lowest BCUT2D eigenvalue weighted by Crippen LogP contribution is -2.39. The Balaban J connectivity index is 1.20. The van der Waals surface area contributed by atoms with Crippen molar-refractivity contribution >= 4 is 29.4 Å². The maximum absolute atomic E-state index is 12.1. The number of thioether (sulfide) groups is 1. The number of fused-ring (bicyclic) bond motifs is 1. The quantitative estimate of drug-likeness (QED) is 0.214. The summed E-state index contributed by atoms with van der Waals surface area (Å²) in [6, 6.07) is 23.0. The third kappa shape index (κ3) is 7.32. The fraction of sp³-hybridized carbons (Fsp3) is 0.371. The van der Waals surface area contributed by atoms with Gasteiger partial charge in [0, 0.05) is 84.6 Å². The summed E-state index contributed by atoms with van der Waals surface area (Å²) in [6.07, 6.45) is 1.81. The Bertz CT molecular complexity index is 1580. The smallest absolute Gasteiger partial charge is 0.315 e. The molecule has 7 nitrogen and oxygen atoms in total. The van der Waals surface area contributed by atoms with E-state index >= 15 is 0 Å². The molecule has 4 aromatic rings. The molecule has 3 aromatic carbocycles. The average Bonchev–Trinajstić information content (AvgIpc) is 3.41. The number of carbonyl (C=O) groups excluding carboxylic acids is 1. The molecule has 3 N–H and O–H groups in total. The molecule has 0 spiro atoms. The van der Waals surface area contributed by atoms with Crippen molar-refractivity contribution in [2.75, 3.05) is 37.7 Å². The van der Waals surface area contributed by atoms with Gasteiger partial charge in [0.2, 0.25) is 0 Å². The number of amides is 2. The molecular weight excluding hydrogens is 588 g/mol. The van der Waals surface area contributed by atoms with E-state index in [2.05, 4.69) is 76.4 Å². The van der Waals surface area contributed by atoms with E-state index in [0.29, 0.717) is 18.1 Å². The van der Waals surface area contributed by atoms with Crippen molar-refractivity contribution < 1.29 is 4.79 Å². The Labute approximate surface area is 269 Å². The summed E-state index contributed by atoms with van der Waals surface area (Å²) < 4.78 is 2.17. The number of hydrogen-bond acceptors (Lipinski definition) is 5. The molecule has 44 heavy (non-hydrogen) atoms. The van der Waals surface area contributed by atoms with Gasteiger partial charge >= 0.3 is 6.03 Å². The zero-order valence-electron chi connectivity index (χ0n) is 25.4. The van der Waals surface area contributed by atoms with Crippen LogP contribution in [-0.2, 0) is 32.6 Å². The summed E-state index contributed by atoms with van der Waals surface area (Å²) >= 11 is 8.80. The average molecular weight is 629 g/mol. The zero-order chi connectivity index (χ0) is 30.5. The molecule has 3 heterocycles. The minimum absolute atomic E-state index is 0.387. The van der Waals surface area contributed by atoms with Gasteiger partial charge in [-0.15, -0.1) is 0 Å². The third-order valence-corrected chi connectivity index (χ3v) is 9.95. The van der Waals surface area contributed by atoms with E-state index in [1.165, 1.54) is 47.0 Å². The highest BCUT2D eigenvalue weighted by molar-refractivity contribution is 7.99. The van der Waals surface area contributed by atoms with Crippen LogP contribution in [0.2, 0.25) is 5.02 Å². The molecule has 0 radical (unpaired) electrons. The highest BCUT2D eigenvalue weighted by Crippen LogP contribution is 2.36. The second-order valence-electron chi connectivity index (χ2n) is 11.8. The molecule has 0 unspecified atom stereocenters. The van der Waals surface area contributed by atoms with Gasteiger partial charge < -0.3 is 20.9 Å². The number of hydrogen-bond donors (Lipinski definition) is 2. The number of carbonyl (C=O) groups is 1. The summed E-state index contributed by atoms with van der Waals surface area (Å²) in [5, 5.41) is 9.38. The van der Waals surface area contributed by atoms with Crippen molar-refractivity contribution in [1.82, 2.24) is 24.9 Å². The van der Waals surface area contributed by atoms with Crippen molar-refractivity contribution in [3.8, 4) is 22.4 Å². The van der Waals surface area contributed by atoms with Crippen LogP contribution in [0.25, 0.3) is 22.4 Å². The fourth-order valence-corrected chi connectivity index (χ4v) is 7.32. The second-order valence-corrected chi connectivity index (χ2v) is 13.4. The van der Waals surface area contributed by atoms with E-state index in [1.54, 1.807) is 4.90 Å². The number of halogens is 1. The topological polar surface area (TPSA) is 79.4 Å². The van der Waals surface area contributed by atoms with Gasteiger partial charge in [0.15, 0.2) is 0 Å². The molecular formula is C35H41ClN6OS. The van der Waals surface area contributed by atoms with Crippen LogP contribution in [0.1, 0.15) is 34.4 Å². The van der Waals surface area contributed by atoms with Crippen LogP contribution >= 0.6 is 23.4 Å². The van der Waals surface area contributed by atoms with Gasteiger partial charge in [-0.25, -0.2) is 4.79 Å². The highest BCUT2D eigenvalue weighted by atomic mass is 35.5. The van der Waals surface area contributed by atoms with Crippen molar-refractivity contribution in [1.29, 1.82) is 0 Å². The Hall–Kier alpha value is -3.30. The first-order valence-electron chi connectivity index (χ1n) is 15.5. The number of nitrogens with zero attached hydrogens (tertiary/aromatic N) is 4. The van der Waals surface area contributed by atoms with E-state index in [1.807, 2.05) is 23.9 Å². The predicted molar refractivity (Wildman–Crippen MR) is 182 cm³/mol. The lowest BCUT2D eigenvalue weighted by molar-refractivity contribution is 0.201. The number of aromatic nitrogens is 2. The molecule has 0 atom stereocenters. The zero-order valence-corrected chi connectivity index (χ0v) is 27.0. The Morgan fingerprint density at radius 1 is 0.932 bits per heavy atom. The first-order valence-corrected chi connectivity index (χ1v) is 17.1. The molecule has 2 aliphatic heterocycles. The van der Waals surface area contributed by atoms with Gasteiger partial charge in [0.05, 0.1) is 12.2 Å². The SMILES string of the molecule is Cc1ccc(CNCc2ccc(-c3cc(-c4nn(CCCN5CCSCC5)c5c4CN(C(N)=O)CC5)ccc3Cl)cc2)cc1. The fourth-order valence-electron chi connectivity index (χ4n) is 6.12. The molecule has 9 heteroatoms. The molecule has 1 fully saturated rings. The number of aryl methyl sites for hydroxylation is 2. The lowest BCUT2D eigenvalue weighted by atomic mass is 9.97. The normalized spacial score (nSPS) is 15.4. The second kappa shape index (κ2) is 14.2. The van der Waals surface area contributed by atoms with Crippen LogP contribution in [0, 0.1) is 6.92 Å². The summed E-state index contributed by atoms with van der Waals surface area (Å²) in [5.74, 6) is 2.44. The molecule has 1 aromatic heterocycles. The first kappa shape index (κ1) is 30.7. The van der Waals surface area contributed by atoms with E-state index in [-0.39, 0.29) is 6.03 Å². The van der Waals surface area contributed by atoms with E-state index < -0.39 is 0 Å². The largest absolute Gasteiger partial charge is 0.351 e. The summed E-state index contributed by atoms with van der Waals surface area (Å²) in [6.45, 7) is 9.11. The Kier molecular flexibility index (Phi) is 9.92. The molecule has 0 aliphatic carbocycles. The summed E-state index contributed by atoms with van der Waals surface area (Å²) in [4.78, 5) is 16.4. The molecule has 1 saturated heterocycles. The number of nitrogens with one attached hydrogen (secondary N) is 1. The van der Waals surface area contributed by atoms with Gasteiger partial charge in [-0.1, -0.05) is 71.8 Å². The monoisotopic (exact) mass is 628 g/mol. The molecule has 6 rings (SSSR count). The highest BCUT2D eigenvalue weighted by Gasteiger charge is 2.27. The van der Waals surface area contributed by atoms with Crippen LogP contribution in [0.3, 0.4) is 0 Å². The number of benzene rings is 3. The maximum atomic E-state index is 12.1. The number of rotatable bonds is 10. The first-order chi connectivity index (χ1) is 21.4. The van der Waals surface area contributed by atoms with Gasteiger partial charge in [-0.05, 0) is 48.7 Å². The lowest BCUT2D eigenvalue weighted by Gasteiger charge is -2.27.